The Hall–Kier alpha value is -1.87. The zero-order chi connectivity index (χ0) is 19.6. The van der Waals surface area contributed by atoms with Gasteiger partial charge in [-0.05, 0) is 48.5 Å². The smallest absolute Gasteiger partial charge is 0.309 e. The highest BCUT2D eigenvalue weighted by Crippen LogP contribution is 2.28. The fraction of sp³-hybridized carbons (Fsp3) is 0.560. The van der Waals surface area contributed by atoms with E-state index in [4.69, 9.17) is 4.74 Å². The number of aliphatic hydroxyl groups is 1. The van der Waals surface area contributed by atoms with Crippen LogP contribution in [-0.2, 0) is 9.53 Å². The van der Waals surface area contributed by atoms with E-state index in [1.165, 1.54) is 62.5 Å². The van der Waals surface area contributed by atoms with Gasteiger partial charge < -0.3 is 9.84 Å². The topological polar surface area (TPSA) is 46.5 Å². The average Bonchev–Trinajstić information content (AvgIpc) is 2.66. The Bertz CT molecular complexity index is 689. The molecule has 2 aliphatic rings. The first-order valence-corrected chi connectivity index (χ1v) is 11.1. The summed E-state index contributed by atoms with van der Waals surface area (Å²) in [5, 5.41) is 9.81. The van der Waals surface area contributed by atoms with Crippen LogP contribution < -0.4 is 0 Å². The third-order valence-corrected chi connectivity index (χ3v) is 5.78. The van der Waals surface area contributed by atoms with E-state index in [1.807, 2.05) is 6.08 Å². The van der Waals surface area contributed by atoms with Crippen molar-refractivity contribution in [2.45, 2.75) is 89.3 Å². The lowest BCUT2D eigenvalue weighted by atomic mass is 9.92. The summed E-state index contributed by atoms with van der Waals surface area (Å²) in [6, 6.07) is 8.50. The number of cyclic esters (lactones) is 1. The maximum absolute atomic E-state index is 11.6. The first-order chi connectivity index (χ1) is 13.7. The van der Waals surface area contributed by atoms with Crippen LogP contribution in [0, 0.1) is 0 Å². The Morgan fingerprint density at radius 1 is 0.964 bits per heavy atom. The van der Waals surface area contributed by atoms with Crippen molar-refractivity contribution in [3.05, 3.63) is 47.5 Å². The molecule has 0 radical (unpaired) electrons. The Morgan fingerprint density at radius 3 is 2.46 bits per heavy atom. The molecule has 3 rings (SSSR count). The summed E-state index contributed by atoms with van der Waals surface area (Å²) in [6.45, 7) is 0. The summed E-state index contributed by atoms with van der Waals surface area (Å²) in [5.74, 6) is -0.316. The minimum atomic E-state index is -0.597. The van der Waals surface area contributed by atoms with Crippen LogP contribution in [0.2, 0.25) is 0 Å². The van der Waals surface area contributed by atoms with Crippen LogP contribution in [0.4, 0.5) is 0 Å². The van der Waals surface area contributed by atoms with E-state index in [9.17, 15) is 9.90 Å². The normalized spacial score (nSPS) is 27.3. The number of benzene rings is 1. The number of hydrogen-bond donors (Lipinski definition) is 1. The van der Waals surface area contributed by atoms with Crippen LogP contribution >= 0.6 is 0 Å². The van der Waals surface area contributed by atoms with E-state index in [0.29, 0.717) is 6.42 Å². The molecule has 3 heteroatoms. The van der Waals surface area contributed by atoms with Crippen LogP contribution in [0.15, 0.2) is 36.4 Å². The van der Waals surface area contributed by atoms with Crippen molar-refractivity contribution >= 4 is 17.6 Å². The number of ether oxygens (including phenoxy) is 1. The molecule has 1 N–H and O–H groups in total. The van der Waals surface area contributed by atoms with Crippen molar-refractivity contribution in [3.8, 4) is 0 Å². The van der Waals surface area contributed by atoms with E-state index in [-0.39, 0.29) is 18.5 Å². The van der Waals surface area contributed by atoms with Gasteiger partial charge in [0.1, 0.15) is 6.10 Å². The lowest BCUT2D eigenvalue weighted by Gasteiger charge is -2.23. The van der Waals surface area contributed by atoms with Gasteiger partial charge in [-0.1, -0.05) is 74.9 Å². The van der Waals surface area contributed by atoms with Crippen molar-refractivity contribution in [2.24, 2.45) is 0 Å². The minimum absolute atomic E-state index is 0.105. The molecule has 0 bridgehead atoms. The molecule has 1 aliphatic heterocycles. The molecule has 2 atom stereocenters. The highest BCUT2D eigenvalue weighted by Gasteiger charge is 2.25. The van der Waals surface area contributed by atoms with Gasteiger partial charge in [0.05, 0.1) is 12.5 Å². The van der Waals surface area contributed by atoms with Crippen molar-refractivity contribution in [2.75, 3.05) is 0 Å². The van der Waals surface area contributed by atoms with Gasteiger partial charge in [-0.2, -0.15) is 0 Å². The van der Waals surface area contributed by atoms with Crippen molar-refractivity contribution in [1.29, 1.82) is 0 Å². The maximum atomic E-state index is 11.6. The lowest BCUT2D eigenvalue weighted by molar-refractivity contribution is -0.156. The van der Waals surface area contributed by atoms with Crippen molar-refractivity contribution in [1.82, 2.24) is 0 Å². The number of esters is 1. The number of carbonyl (C=O) groups is 1. The molecule has 1 aromatic carbocycles. The van der Waals surface area contributed by atoms with Gasteiger partial charge in [-0.25, -0.2) is 0 Å². The summed E-state index contributed by atoms with van der Waals surface area (Å²) in [4.78, 5) is 11.6. The maximum Gasteiger partial charge on any atom is 0.309 e. The average molecular weight is 383 g/mol. The monoisotopic (exact) mass is 382 g/mol. The predicted octanol–water partition coefficient (Wildman–Crippen LogP) is 6.06. The van der Waals surface area contributed by atoms with Gasteiger partial charge in [-0.3, -0.25) is 4.79 Å². The van der Waals surface area contributed by atoms with Crippen LogP contribution in [0.1, 0.15) is 88.2 Å². The van der Waals surface area contributed by atoms with Crippen molar-refractivity contribution in [3.63, 3.8) is 0 Å². The molecule has 1 heterocycles. The number of aliphatic hydroxyl groups excluding tert-OH is 1. The van der Waals surface area contributed by atoms with E-state index < -0.39 is 6.10 Å². The summed E-state index contributed by atoms with van der Waals surface area (Å²) < 4.78 is 5.36. The molecule has 28 heavy (non-hydrogen) atoms. The highest BCUT2D eigenvalue weighted by atomic mass is 16.5. The molecule has 1 saturated heterocycles. The Morgan fingerprint density at radius 2 is 1.68 bits per heavy atom. The Kier molecular flexibility index (Phi) is 8.35. The Labute approximate surface area is 169 Å². The van der Waals surface area contributed by atoms with E-state index >= 15 is 0 Å². The molecule has 1 aliphatic carbocycles. The van der Waals surface area contributed by atoms with Crippen LogP contribution in [0.3, 0.4) is 0 Å². The summed E-state index contributed by atoms with van der Waals surface area (Å²) in [7, 11) is 0. The van der Waals surface area contributed by atoms with Gasteiger partial charge in [0.15, 0.2) is 0 Å². The molecule has 3 nitrogen and oxygen atoms in total. The van der Waals surface area contributed by atoms with Crippen LogP contribution in [0.25, 0.3) is 11.6 Å². The highest BCUT2D eigenvalue weighted by molar-refractivity contribution is 5.75. The fourth-order valence-corrected chi connectivity index (χ4v) is 4.22. The molecule has 0 amide bonds. The molecule has 0 saturated carbocycles. The third-order valence-electron chi connectivity index (χ3n) is 5.78. The quantitative estimate of drug-likeness (QED) is 0.646. The summed E-state index contributed by atoms with van der Waals surface area (Å²) >= 11 is 0. The zero-order valence-electron chi connectivity index (χ0n) is 16.9. The molecule has 0 aromatic heterocycles. The Balaban J connectivity index is 1.75. The lowest BCUT2D eigenvalue weighted by Crippen LogP contribution is -2.31. The molecule has 0 spiro atoms. The fourth-order valence-electron chi connectivity index (χ4n) is 4.22. The zero-order valence-corrected chi connectivity index (χ0v) is 16.9. The summed E-state index contributed by atoms with van der Waals surface area (Å²) in [5.41, 5.74) is 3.90. The molecule has 1 aromatic rings. The first-order valence-electron chi connectivity index (χ1n) is 11.1. The predicted molar refractivity (Wildman–Crippen MR) is 115 cm³/mol. The van der Waals surface area contributed by atoms with Gasteiger partial charge in [0, 0.05) is 6.42 Å². The van der Waals surface area contributed by atoms with Crippen molar-refractivity contribution < 1.29 is 14.6 Å². The van der Waals surface area contributed by atoms with Gasteiger partial charge in [-0.15, -0.1) is 0 Å². The van der Waals surface area contributed by atoms with E-state index in [2.05, 4.69) is 36.4 Å². The second-order valence-electron chi connectivity index (χ2n) is 8.16. The van der Waals surface area contributed by atoms with Crippen LogP contribution in [0.5, 0.6) is 0 Å². The van der Waals surface area contributed by atoms with Crippen LogP contribution in [-0.4, -0.2) is 23.3 Å². The van der Waals surface area contributed by atoms with Gasteiger partial charge >= 0.3 is 5.97 Å². The number of rotatable bonds is 3. The molecule has 152 valence electrons. The van der Waals surface area contributed by atoms with Gasteiger partial charge in [0.2, 0.25) is 0 Å². The van der Waals surface area contributed by atoms with E-state index in [1.54, 1.807) is 0 Å². The molecule has 2 unspecified atom stereocenters. The minimum Gasteiger partial charge on any atom is -0.458 e. The number of carbonyl (C=O) groups excluding carboxylic acids is 1. The van der Waals surface area contributed by atoms with Gasteiger partial charge in [0.25, 0.3) is 0 Å². The number of allylic oxidation sites excluding steroid dienone is 2. The van der Waals surface area contributed by atoms with E-state index in [0.717, 1.165) is 18.4 Å². The second-order valence-corrected chi connectivity index (χ2v) is 8.16. The largest absolute Gasteiger partial charge is 0.458 e. The standard InChI is InChI=1S/C25H34O3/c26-22-18-23(28-25(27)19-22)17-16-21-14-10-11-15-24(21)20-12-8-6-4-2-1-3-5-7-9-13-20/h10-12,14-17,22-23,26H,1-9,13,18-19H2/b17-16+,20-12+. The molecule has 1 fully saturated rings. The third kappa shape index (κ3) is 6.63. The molecular weight excluding hydrogens is 348 g/mol. The summed E-state index contributed by atoms with van der Waals surface area (Å²) in [6.07, 6.45) is 19.0. The second kappa shape index (κ2) is 11.2. The SMILES string of the molecule is O=C1CC(O)CC(/C=C/c2ccccc2/C2=C/CCCCCCCCCC2)O1. The first kappa shape index (κ1) is 20.9. The number of hydrogen-bond acceptors (Lipinski definition) is 3. The molecular formula is C25H34O3.